The average molecular weight is 434 g/mol. The molecule has 7 heteroatoms. The van der Waals surface area contributed by atoms with E-state index in [1.165, 1.54) is 5.56 Å². The van der Waals surface area contributed by atoms with Crippen LogP contribution in [0.25, 0.3) is 0 Å². The second kappa shape index (κ2) is 9.09. The Labute approximate surface area is 165 Å². The van der Waals surface area contributed by atoms with Gasteiger partial charge in [0.05, 0.1) is 7.11 Å². The van der Waals surface area contributed by atoms with Crippen molar-refractivity contribution in [2.75, 3.05) is 7.11 Å². The van der Waals surface area contributed by atoms with Crippen molar-refractivity contribution in [3.8, 4) is 11.5 Å². The number of aromatic nitrogens is 3. The van der Waals surface area contributed by atoms with Gasteiger partial charge in [-0.1, -0.05) is 39.8 Å². The molecule has 3 aromatic rings. The van der Waals surface area contributed by atoms with Gasteiger partial charge in [0.25, 0.3) is 0 Å². The molecule has 0 fully saturated rings. The van der Waals surface area contributed by atoms with E-state index in [9.17, 15) is 0 Å². The average Bonchev–Trinajstić information content (AvgIpc) is 3.08. The first-order chi connectivity index (χ1) is 12.7. The monoisotopic (exact) mass is 433 g/mol. The third-order valence-electron chi connectivity index (χ3n) is 3.79. The molecule has 0 bridgehead atoms. The summed E-state index contributed by atoms with van der Waals surface area (Å²) in [6.07, 6.45) is 0. The van der Waals surface area contributed by atoms with Crippen molar-refractivity contribution in [3.05, 3.63) is 64.4 Å². The van der Waals surface area contributed by atoms with Crippen LogP contribution in [0.4, 0.5) is 0 Å². The maximum atomic E-state index is 5.83. The van der Waals surface area contributed by atoms with Crippen molar-refractivity contribution in [2.45, 2.75) is 31.0 Å². The molecular weight excluding hydrogens is 414 g/mol. The lowest BCUT2D eigenvalue weighted by atomic mass is 10.2. The SMILES string of the molecule is CCn1c(COc2ccc(Br)cc2)nnc1SCc1cccc(OC)c1. The molecule has 1 aromatic heterocycles. The van der Waals surface area contributed by atoms with Crippen molar-refractivity contribution in [1.29, 1.82) is 0 Å². The van der Waals surface area contributed by atoms with Crippen LogP contribution in [0.2, 0.25) is 0 Å². The topological polar surface area (TPSA) is 49.2 Å². The number of rotatable bonds is 8. The minimum Gasteiger partial charge on any atom is -0.497 e. The summed E-state index contributed by atoms with van der Waals surface area (Å²) in [7, 11) is 1.68. The standard InChI is InChI=1S/C19H20BrN3O2S/c1-3-23-18(12-25-16-9-7-15(20)8-10-16)21-22-19(23)26-13-14-5-4-6-17(11-14)24-2/h4-11H,3,12-13H2,1-2H3. The summed E-state index contributed by atoms with van der Waals surface area (Å²) in [5, 5.41) is 9.52. The Morgan fingerprint density at radius 3 is 2.62 bits per heavy atom. The summed E-state index contributed by atoms with van der Waals surface area (Å²) in [6, 6.07) is 15.8. The zero-order valence-corrected chi connectivity index (χ0v) is 17.1. The third kappa shape index (κ3) is 4.80. The van der Waals surface area contributed by atoms with Gasteiger partial charge < -0.3 is 14.0 Å². The Morgan fingerprint density at radius 2 is 1.88 bits per heavy atom. The van der Waals surface area contributed by atoms with Crippen molar-refractivity contribution in [3.63, 3.8) is 0 Å². The number of hydrogen-bond acceptors (Lipinski definition) is 5. The molecule has 0 aliphatic rings. The van der Waals surface area contributed by atoms with E-state index in [1.807, 2.05) is 42.5 Å². The van der Waals surface area contributed by atoms with Crippen LogP contribution in [0.15, 0.2) is 58.2 Å². The molecule has 1 heterocycles. The van der Waals surface area contributed by atoms with Crippen LogP contribution in [0.5, 0.6) is 11.5 Å². The van der Waals surface area contributed by atoms with E-state index in [4.69, 9.17) is 9.47 Å². The van der Waals surface area contributed by atoms with Crippen molar-refractivity contribution in [2.24, 2.45) is 0 Å². The highest BCUT2D eigenvalue weighted by atomic mass is 79.9. The van der Waals surface area contributed by atoms with Crippen molar-refractivity contribution < 1.29 is 9.47 Å². The van der Waals surface area contributed by atoms with Gasteiger partial charge in [-0.2, -0.15) is 0 Å². The maximum absolute atomic E-state index is 5.83. The molecule has 0 saturated heterocycles. The first-order valence-electron chi connectivity index (χ1n) is 8.25. The highest BCUT2D eigenvalue weighted by molar-refractivity contribution is 9.10. The summed E-state index contributed by atoms with van der Waals surface area (Å²) < 4.78 is 14.2. The molecular formula is C19H20BrN3O2S. The molecule has 0 unspecified atom stereocenters. The van der Waals surface area contributed by atoms with Crippen LogP contribution in [0.3, 0.4) is 0 Å². The molecule has 26 heavy (non-hydrogen) atoms. The summed E-state index contributed by atoms with van der Waals surface area (Å²) >= 11 is 5.08. The summed E-state index contributed by atoms with van der Waals surface area (Å²) in [4.78, 5) is 0. The predicted octanol–water partition coefficient (Wildman–Crippen LogP) is 4.94. The van der Waals surface area contributed by atoms with E-state index in [-0.39, 0.29) is 0 Å². The lowest BCUT2D eigenvalue weighted by Gasteiger charge is -2.09. The molecule has 0 aliphatic carbocycles. The Hall–Kier alpha value is -1.99. The van der Waals surface area contributed by atoms with Gasteiger partial charge in [0.1, 0.15) is 18.1 Å². The quantitative estimate of drug-likeness (QED) is 0.470. The zero-order valence-electron chi connectivity index (χ0n) is 14.7. The number of hydrogen-bond donors (Lipinski definition) is 0. The van der Waals surface area contributed by atoms with Crippen LogP contribution >= 0.6 is 27.7 Å². The van der Waals surface area contributed by atoms with Crippen molar-refractivity contribution >= 4 is 27.7 Å². The number of halogens is 1. The van der Waals surface area contributed by atoms with Crippen LogP contribution in [0.1, 0.15) is 18.3 Å². The predicted molar refractivity (Wildman–Crippen MR) is 107 cm³/mol. The van der Waals surface area contributed by atoms with E-state index < -0.39 is 0 Å². The van der Waals surface area contributed by atoms with Gasteiger partial charge in [-0.25, -0.2) is 0 Å². The Morgan fingerprint density at radius 1 is 1.08 bits per heavy atom. The largest absolute Gasteiger partial charge is 0.497 e. The molecule has 0 saturated carbocycles. The lowest BCUT2D eigenvalue weighted by Crippen LogP contribution is -2.07. The van der Waals surface area contributed by atoms with Gasteiger partial charge in [-0.3, -0.25) is 0 Å². The number of thioether (sulfide) groups is 1. The van der Waals surface area contributed by atoms with E-state index in [0.29, 0.717) is 6.61 Å². The molecule has 0 atom stereocenters. The smallest absolute Gasteiger partial charge is 0.191 e. The van der Waals surface area contributed by atoms with E-state index in [2.05, 4.69) is 43.7 Å². The molecule has 2 aromatic carbocycles. The van der Waals surface area contributed by atoms with Gasteiger partial charge in [0.15, 0.2) is 11.0 Å². The summed E-state index contributed by atoms with van der Waals surface area (Å²) in [6.45, 7) is 3.27. The van der Waals surface area contributed by atoms with Gasteiger partial charge in [0, 0.05) is 16.8 Å². The fourth-order valence-electron chi connectivity index (χ4n) is 2.44. The van der Waals surface area contributed by atoms with Gasteiger partial charge in [0.2, 0.25) is 0 Å². The number of benzene rings is 2. The van der Waals surface area contributed by atoms with Gasteiger partial charge in [-0.15, -0.1) is 10.2 Å². The molecule has 0 amide bonds. The van der Waals surface area contributed by atoms with Gasteiger partial charge >= 0.3 is 0 Å². The summed E-state index contributed by atoms with van der Waals surface area (Å²) in [5.41, 5.74) is 1.19. The zero-order chi connectivity index (χ0) is 18.4. The van der Waals surface area contributed by atoms with Crippen LogP contribution in [0, 0.1) is 0 Å². The molecule has 136 valence electrons. The first-order valence-corrected chi connectivity index (χ1v) is 10.0. The fourth-order valence-corrected chi connectivity index (χ4v) is 3.67. The fraction of sp³-hybridized carbons (Fsp3) is 0.263. The van der Waals surface area contributed by atoms with Crippen LogP contribution in [-0.4, -0.2) is 21.9 Å². The molecule has 0 N–H and O–H groups in total. The summed E-state index contributed by atoms with van der Waals surface area (Å²) in [5.74, 6) is 3.31. The normalized spacial score (nSPS) is 10.7. The van der Waals surface area contributed by atoms with Gasteiger partial charge in [-0.05, 0) is 48.9 Å². The first kappa shape index (κ1) is 18.8. The number of nitrogens with zero attached hydrogens (tertiary/aromatic N) is 3. The molecule has 5 nitrogen and oxygen atoms in total. The van der Waals surface area contributed by atoms with E-state index in [0.717, 1.165) is 39.3 Å². The van der Waals surface area contributed by atoms with Crippen LogP contribution < -0.4 is 9.47 Å². The highest BCUT2D eigenvalue weighted by Gasteiger charge is 2.12. The second-order valence-electron chi connectivity index (χ2n) is 5.53. The van der Waals surface area contributed by atoms with E-state index in [1.54, 1.807) is 18.9 Å². The molecule has 0 aliphatic heterocycles. The molecule has 0 radical (unpaired) electrons. The Kier molecular flexibility index (Phi) is 6.57. The lowest BCUT2D eigenvalue weighted by molar-refractivity contribution is 0.288. The molecule has 3 rings (SSSR count). The minimum atomic E-state index is 0.391. The molecule has 0 spiro atoms. The minimum absolute atomic E-state index is 0.391. The maximum Gasteiger partial charge on any atom is 0.191 e. The Bertz CT molecular complexity index is 852. The Balaban J connectivity index is 1.64. The van der Waals surface area contributed by atoms with E-state index >= 15 is 0 Å². The number of methoxy groups -OCH3 is 1. The number of ether oxygens (including phenoxy) is 2. The highest BCUT2D eigenvalue weighted by Crippen LogP contribution is 2.24. The second-order valence-corrected chi connectivity index (χ2v) is 7.38. The van der Waals surface area contributed by atoms with Crippen LogP contribution in [-0.2, 0) is 18.9 Å². The van der Waals surface area contributed by atoms with Crippen molar-refractivity contribution in [1.82, 2.24) is 14.8 Å². The third-order valence-corrected chi connectivity index (χ3v) is 5.36.